The van der Waals surface area contributed by atoms with Crippen molar-refractivity contribution in [1.82, 2.24) is 0 Å². The summed E-state index contributed by atoms with van der Waals surface area (Å²) in [5.74, 6) is 1.23. The normalized spacial score (nSPS) is 21.5. The van der Waals surface area contributed by atoms with Gasteiger partial charge in [0.15, 0.2) is 0 Å². The number of esters is 1. The summed E-state index contributed by atoms with van der Waals surface area (Å²) in [6.07, 6.45) is 6.59. The first-order valence-electron chi connectivity index (χ1n) is 6.93. The van der Waals surface area contributed by atoms with Crippen molar-refractivity contribution in [3.05, 3.63) is 11.6 Å². The minimum absolute atomic E-state index is 0.0457. The fourth-order valence-corrected chi connectivity index (χ4v) is 2.26. The Morgan fingerprint density at radius 3 is 2.71 bits per heavy atom. The Bertz CT molecular complexity index is 279. The molecule has 1 aliphatic carbocycles. The molecule has 2 atom stereocenters. The minimum atomic E-state index is -0.0471. The Hall–Kier alpha value is -0.790. The van der Waals surface area contributed by atoms with Gasteiger partial charge in [-0.1, -0.05) is 38.8 Å². The highest BCUT2D eigenvalue weighted by atomic mass is 16.5. The molecule has 2 unspecified atom stereocenters. The van der Waals surface area contributed by atoms with Crippen LogP contribution in [-0.4, -0.2) is 12.6 Å². The smallest absolute Gasteiger partial charge is 0.312 e. The van der Waals surface area contributed by atoms with E-state index in [1.807, 2.05) is 6.92 Å². The zero-order chi connectivity index (χ0) is 12.8. The average Bonchev–Trinajstić information content (AvgIpc) is 2.77. The number of unbranched alkanes of at least 4 members (excludes halogenated alkanes) is 1. The Balaban J connectivity index is 2.44. The summed E-state index contributed by atoms with van der Waals surface area (Å²) >= 11 is 0. The van der Waals surface area contributed by atoms with Gasteiger partial charge in [0.05, 0.1) is 12.5 Å². The molecule has 17 heavy (non-hydrogen) atoms. The number of allylic oxidation sites excluding steroid dienone is 1. The van der Waals surface area contributed by atoms with E-state index in [1.54, 1.807) is 0 Å². The molecule has 2 heteroatoms. The Kier molecular flexibility index (Phi) is 5.73. The van der Waals surface area contributed by atoms with Gasteiger partial charge in [-0.3, -0.25) is 4.79 Å². The highest BCUT2D eigenvalue weighted by Crippen LogP contribution is 2.33. The first kappa shape index (κ1) is 14.3. The lowest BCUT2D eigenvalue weighted by Gasteiger charge is -2.12. The highest BCUT2D eigenvalue weighted by Gasteiger charge is 2.26. The SMILES string of the molecule is CCCCOC(=O)C(C)C1=CC(C(C)C)CC1. The van der Waals surface area contributed by atoms with Crippen molar-refractivity contribution in [2.24, 2.45) is 17.8 Å². The number of rotatable bonds is 6. The van der Waals surface area contributed by atoms with Crippen molar-refractivity contribution in [3.63, 3.8) is 0 Å². The molecule has 0 aromatic rings. The molecule has 0 fully saturated rings. The van der Waals surface area contributed by atoms with E-state index in [0.717, 1.165) is 19.3 Å². The van der Waals surface area contributed by atoms with Crippen LogP contribution in [0.25, 0.3) is 0 Å². The standard InChI is InChI=1S/C15H26O2/c1-5-6-9-17-15(16)12(4)14-8-7-13(10-14)11(2)3/h10-13H,5-9H2,1-4H3. The van der Waals surface area contributed by atoms with Crippen LogP contribution in [0.5, 0.6) is 0 Å². The third-order valence-electron chi connectivity index (χ3n) is 3.70. The van der Waals surface area contributed by atoms with Crippen LogP contribution < -0.4 is 0 Å². The van der Waals surface area contributed by atoms with Crippen LogP contribution in [0.2, 0.25) is 0 Å². The number of hydrogen-bond acceptors (Lipinski definition) is 2. The van der Waals surface area contributed by atoms with Gasteiger partial charge in [-0.2, -0.15) is 0 Å². The summed E-state index contributed by atoms with van der Waals surface area (Å²) in [4.78, 5) is 11.8. The van der Waals surface area contributed by atoms with Crippen molar-refractivity contribution >= 4 is 5.97 Å². The van der Waals surface area contributed by atoms with Gasteiger partial charge in [-0.15, -0.1) is 0 Å². The zero-order valence-corrected chi connectivity index (χ0v) is 11.7. The fraction of sp³-hybridized carbons (Fsp3) is 0.800. The maximum atomic E-state index is 11.8. The second-order valence-electron chi connectivity index (χ2n) is 5.43. The average molecular weight is 238 g/mol. The van der Waals surface area contributed by atoms with E-state index in [1.165, 1.54) is 12.0 Å². The topological polar surface area (TPSA) is 26.3 Å². The lowest BCUT2D eigenvalue weighted by molar-refractivity contribution is -0.146. The van der Waals surface area contributed by atoms with Gasteiger partial charge in [0.2, 0.25) is 0 Å². The summed E-state index contributed by atoms with van der Waals surface area (Å²) in [5.41, 5.74) is 1.28. The molecule has 1 aliphatic rings. The summed E-state index contributed by atoms with van der Waals surface area (Å²) in [7, 11) is 0. The molecule has 0 bridgehead atoms. The van der Waals surface area contributed by atoms with Gasteiger partial charge in [-0.25, -0.2) is 0 Å². The van der Waals surface area contributed by atoms with E-state index in [2.05, 4.69) is 26.8 Å². The molecule has 0 aromatic carbocycles. The van der Waals surface area contributed by atoms with Crippen molar-refractivity contribution in [2.75, 3.05) is 6.61 Å². The van der Waals surface area contributed by atoms with Crippen LogP contribution in [-0.2, 0) is 9.53 Å². The Labute approximate surface area is 105 Å². The highest BCUT2D eigenvalue weighted by molar-refractivity contribution is 5.75. The lowest BCUT2D eigenvalue weighted by Crippen LogP contribution is -2.16. The number of hydrogen-bond donors (Lipinski definition) is 0. The third kappa shape index (κ3) is 4.18. The van der Waals surface area contributed by atoms with Crippen LogP contribution in [0, 0.1) is 17.8 Å². The molecule has 0 radical (unpaired) electrons. The molecule has 2 nitrogen and oxygen atoms in total. The predicted molar refractivity (Wildman–Crippen MR) is 70.7 cm³/mol. The van der Waals surface area contributed by atoms with Gasteiger partial charge in [0.25, 0.3) is 0 Å². The Morgan fingerprint density at radius 1 is 1.47 bits per heavy atom. The summed E-state index contributed by atoms with van der Waals surface area (Å²) in [6, 6.07) is 0. The fourth-order valence-electron chi connectivity index (χ4n) is 2.26. The van der Waals surface area contributed by atoms with E-state index < -0.39 is 0 Å². The molecule has 0 aromatic heterocycles. The van der Waals surface area contributed by atoms with E-state index in [-0.39, 0.29) is 11.9 Å². The largest absolute Gasteiger partial charge is 0.465 e. The van der Waals surface area contributed by atoms with Crippen LogP contribution in [0.3, 0.4) is 0 Å². The summed E-state index contributed by atoms with van der Waals surface area (Å²) in [6.45, 7) is 9.13. The lowest BCUT2D eigenvalue weighted by atomic mass is 9.96. The Morgan fingerprint density at radius 2 is 2.18 bits per heavy atom. The zero-order valence-electron chi connectivity index (χ0n) is 11.7. The van der Waals surface area contributed by atoms with Crippen molar-refractivity contribution in [2.45, 2.75) is 53.4 Å². The molecule has 0 N–H and O–H groups in total. The second-order valence-corrected chi connectivity index (χ2v) is 5.43. The van der Waals surface area contributed by atoms with Gasteiger partial charge < -0.3 is 4.74 Å². The van der Waals surface area contributed by atoms with Crippen LogP contribution in [0.4, 0.5) is 0 Å². The van der Waals surface area contributed by atoms with Crippen LogP contribution in [0.15, 0.2) is 11.6 Å². The monoisotopic (exact) mass is 238 g/mol. The van der Waals surface area contributed by atoms with Gasteiger partial charge >= 0.3 is 5.97 Å². The molecule has 0 saturated heterocycles. The van der Waals surface area contributed by atoms with Gasteiger partial charge in [-0.05, 0) is 38.0 Å². The number of ether oxygens (including phenoxy) is 1. The number of carbonyl (C=O) groups excluding carboxylic acids is 1. The van der Waals surface area contributed by atoms with E-state index in [4.69, 9.17) is 4.74 Å². The van der Waals surface area contributed by atoms with E-state index >= 15 is 0 Å². The molecule has 0 saturated carbocycles. The molecular weight excluding hydrogens is 212 g/mol. The minimum Gasteiger partial charge on any atom is -0.465 e. The first-order chi connectivity index (χ1) is 8.06. The van der Waals surface area contributed by atoms with Crippen molar-refractivity contribution in [1.29, 1.82) is 0 Å². The van der Waals surface area contributed by atoms with Gasteiger partial charge in [0.1, 0.15) is 0 Å². The molecular formula is C15H26O2. The predicted octanol–water partition coefficient (Wildman–Crippen LogP) is 3.96. The molecule has 0 amide bonds. The molecule has 1 rings (SSSR count). The molecule has 98 valence electrons. The maximum Gasteiger partial charge on any atom is 0.312 e. The van der Waals surface area contributed by atoms with Crippen LogP contribution >= 0.6 is 0 Å². The quantitative estimate of drug-likeness (QED) is 0.398. The first-order valence-corrected chi connectivity index (χ1v) is 6.93. The number of carbonyl (C=O) groups is 1. The summed E-state index contributed by atoms with van der Waals surface area (Å²) in [5, 5.41) is 0. The van der Waals surface area contributed by atoms with E-state index in [0.29, 0.717) is 18.4 Å². The van der Waals surface area contributed by atoms with E-state index in [9.17, 15) is 4.79 Å². The van der Waals surface area contributed by atoms with Gasteiger partial charge in [0, 0.05) is 0 Å². The molecule has 0 aliphatic heterocycles. The summed E-state index contributed by atoms with van der Waals surface area (Å²) < 4.78 is 5.27. The van der Waals surface area contributed by atoms with Crippen LogP contribution in [0.1, 0.15) is 53.4 Å². The molecule has 0 spiro atoms. The second kappa shape index (κ2) is 6.83. The third-order valence-corrected chi connectivity index (χ3v) is 3.70. The molecule has 0 heterocycles. The van der Waals surface area contributed by atoms with Crippen molar-refractivity contribution < 1.29 is 9.53 Å². The van der Waals surface area contributed by atoms with Crippen molar-refractivity contribution in [3.8, 4) is 0 Å². The maximum absolute atomic E-state index is 11.8.